The minimum atomic E-state index is -4.05. The van der Waals surface area contributed by atoms with Crippen LogP contribution in [0, 0.1) is 24.2 Å². The summed E-state index contributed by atoms with van der Waals surface area (Å²) < 4.78 is 33.9. The van der Waals surface area contributed by atoms with E-state index in [0.717, 1.165) is 9.87 Å². The molecule has 2 atom stereocenters. The van der Waals surface area contributed by atoms with E-state index in [9.17, 15) is 28.5 Å². The lowest BCUT2D eigenvalue weighted by Gasteiger charge is -2.30. The van der Waals surface area contributed by atoms with Crippen LogP contribution in [-0.2, 0) is 23.1 Å². The van der Waals surface area contributed by atoms with Crippen molar-refractivity contribution in [1.29, 1.82) is 5.26 Å². The number of aliphatic hydroxyl groups excluding tert-OH is 1. The highest BCUT2D eigenvalue weighted by atomic mass is 32.2. The summed E-state index contributed by atoms with van der Waals surface area (Å²) in [5.74, 6) is 0.462. The zero-order valence-electron chi connectivity index (χ0n) is 23.2. The van der Waals surface area contributed by atoms with Gasteiger partial charge >= 0.3 is 6.09 Å². The zero-order valence-corrected chi connectivity index (χ0v) is 24.0. The number of phenols is 1. The molecule has 4 N–H and O–H groups in total. The Labute approximate surface area is 240 Å². The Bertz CT molecular complexity index is 1480. The first-order valence-electron chi connectivity index (χ1n) is 13.1. The smallest absolute Gasteiger partial charge is 0.404 e. The Hall–Kier alpha value is -4.11. The quantitative estimate of drug-likeness (QED) is 0.235. The van der Waals surface area contributed by atoms with Crippen molar-refractivity contribution in [2.75, 3.05) is 13.1 Å². The molecule has 0 aliphatic carbocycles. The summed E-state index contributed by atoms with van der Waals surface area (Å²) in [5.41, 5.74) is 2.47. The molecule has 11 heteroatoms. The predicted molar refractivity (Wildman–Crippen MR) is 153 cm³/mol. The number of sulfonamides is 1. The molecule has 0 heterocycles. The Morgan fingerprint density at radius 3 is 2.37 bits per heavy atom. The van der Waals surface area contributed by atoms with Crippen LogP contribution in [-0.4, -0.2) is 59.4 Å². The molecule has 0 radical (unpaired) electrons. The molecule has 0 unspecified atom stereocenters. The van der Waals surface area contributed by atoms with Gasteiger partial charge in [-0.05, 0) is 78.4 Å². The normalized spacial score (nSPS) is 13.0. The lowest BCUT2D eigenvalue weighted by molar-refractivity contribution is 0.0980. The average molecular weight is 582 g/mol. The lowest BCUT2D eigenvalue weighted by atomic mass is 10.0. The van der Waals surface area contributed by atoms with Crippen LogP contribution in [0.2, 0.25) is 0 Å². The highest BCUT2D eigenvalue weighted by Crippen LogP contribution is 2.24. The molecule has 3 aromatic carbocycles. The van der Waals surface area contributed by atoms with E-state index in [1.165, 1.54) is 18.2 Å². The van der Waals surface area contributed by atoms with E-state index in [-0.39, 0.29) is 42.7 Å². The maximum Gasteiger partial charge on any atom is 0.404 e. The number of nitrogens with one attached hydrogen (secondary N) is 1. The van der Waals surface area contributed by atoms with Crippen LogP contribution in [0.25, 0.3) is 0 Å². The first kappa shape index (κ1) is 31.4. The van der Waals surface area contributed by atoms with E-state index in [1.807, 2.05) is 19.9 Å². The van der Waals surface area contributed by atoms with E-state index in [1.54, 1.807) is 49.4 Å². The number of phenolic OH excluding ortho intramolecular Hbond substituents is 1. The van der Waals surface area contributed by atoms with Gasteiger partial charge in [-0.15, -0.1) is 0 Å². The van der Waals surface area contributed by atoms with Gasteiger partial charge in [-0.25, -0.2) is 13.2 Å². The highest BCUT2D eigenvalue weighted by molar-refractivity contribution is 7.89. The van der Waals surface area contributed by atoms with Gasteiger partial charge in [0.1, 0.15) is 18.1 Å². The van der Waals surface area contributed by atoms with Gasteiger partial charge in [-0.2, -0.15) is 9.57 Å². The van der Waals surface area contributed by atoms with Crippen molar-refractivity contribution < 1.29 is 33.3 Å². The summed E-state index contributed by atoms with van der Waals surface area (Å²) in [6.45, 7) is 5.29. The summed E-state index contributed by atoms with van der Waals surface area (Å²) in [6.07, 6.45) is -2.60. The van der Waals surface area contributed by atoms with Gasteiger partial charge in [-0.3, -0.25) is 0 Å². The Morgan fingerprint density at radius 2 is 1.76 bits per heavy atom. The molecular formula is C30H35N3O7S. The number of ether oxygens (including phenoxy) is 1. The van der Waals surface area contributed by atoms with Gasteiger partial charge in [0, 0.05) is 13.1 Å². The number of aryl methyl sites for hydroxylation is 1. The van der Waals surface area contributed by atoms with Crippen LogP contribution in [0.15, 0.2) is 71.6 Å². The molecule has 0 aromatic heterocycles. The van der Waals surface area contributed by atoms with Gasteiger partial charge in [0.15, 0.2) is 0 Å². The molecule has 41 heavy (non-hydrogen) atoms. The lowest BCUT2D eigenvalue weighted by Crippen LogP contribution is -2.50. The Kier molecular flexibility index (Phi) is 10.7. The van der Waals surface area contributed by atoms with Gasteiger partial charge in [0.2, 0.25) is 10.0 Å². The molecule has 3 aromatic rings. The third-order valence-electron chi connectivity index (χ3n) is 6.38. The number of nitrogens with zero attached hydrogens (tertiary/aromatic N) is 2. The van der Waals surface area contributed by atoms with Crippen molar-refractivity contribution in [3.8, 4) is 17.6 Å². The summed E-state index contributed by atoms with van der Waals surface area (Å²) in [6, 6.07) is 19.1. The SMILES string of the molecule is Cc1cc(S(=O)(=O)N(CC(C)C)C[C@H](O)[C@H](Cc2ccc(OCc3cccc(C#N)c3)cc2)NC(=O)O)ccc1O. The van der Waals surface area contributed by atoms with Crippen LogP contribution in [0.3, 0.4) is 0 Å². The fourth-order valence-electron chi connectivity index (χ4n) is 4.27. The molecule has 10 nitrogen and oxygen atoms in total. The fraction of sp³-hybridized carbons (Fsp3) is 0.333. The van der Waals surface area contributed by atoms with Crippen molar-refractivity contribution in [1.82, 2.24) is 9.62 Å². The van der Waals surface area contributed by atoms with Crippen LogP contribution < -0.4 is 10.1 Å². The molecule has 1 amide bonds. The number of amides is 1. The van der Waals surface area contributed by atoms with Crippen molar-refractivity contribution in [3.05, 3.63) is 89.0 Å². The second-order valence-electron chi connectivity index (χ2n) is 10.2. The van der Waals surface area contributed by atoms with Crippen LogP contribution in [0.4, 0.5) is 4.79 Å². The molecule has 0 aliphatic rings. The van der Waals surface area contributed by atoms with Gasteiger partial charge in [0.05, 0.1) is 28.7 Å². The molecule has 0 bridgehead atoms. The molecule has 3 rings (SSSR count). The number of carboxylic acid groups (broad SMARTS) is 1. The standard InChI is InChI=1S/C30H35N3O7S/c1-20(2)17-33(41(38,39)26-11-12-28(34)21(3)13-26)18-29(35)27(32-30(36)37)15-22-7-9-25(10-8-22)40-19-24-6-4-5-23(14-24)16-31/h4-14,20,27,29,32,34-35H,15,17-19H2,1-3H3,(H,36,37)/t27-,29-/m0/s1. The molecule has 218 valence electrons. The first-order valence-corrected chi connectivity index (χ1v) is 14.5. The number of benzene rings is 3. The van der Waals surface area contributed by atoms with Crippen molar-refractivity contribution >= 4 is 16.1 Å². The van der Waals surface area contributed by atoms with E-state index in [4.69, 9.17) is 10.00 Å². The number of carbonyl (C=O) groups is 1. The number of hydrogen-bond acceptors (Lipinski definition) is 7. The zero-order chi connectivity index (χ0) is 30.2. The van der Waals surface area contributed by atoms with Crippen molar-refractivity contribution in [2.24, 2.45) is 5.92 Å². The largest absolute Gasteiger partial charge is 0.508 e. The number of hydrogen-bond donors (Lipinski definition) is 4. The van der Waals surface area contributed by atoms with Crippen molar-refractivity contribution in [2.45, 2.75) is 50.8 Å². The van der Waals surface area contributed by atoms with Gasteiger partial charge < -0.3 is 25.4 Å². The molecule has 0 spiro atoms. The number of aliphatic hydroxyl groups is 1. The maximum atomic E-state index is 13.5. The number of rotatable bonds is 13. The van der Waals surface area contributed by atoms with Crippen LogP contribution in [0.5, 0.6) is 11.5 Å². The van der Waals surface area contributed by atoms with Gasteiger partial charge in [0.25, 0.3) is 0 Å². The fourth-order valence-corrected chi connectivity index (χ4v) is 5.97. The van der Waals surface area contributed by atoms with E-state index < -0.39 is 28.3 Å². The summed E-state index contributed by atoms with van der Waals surface area (Å²) in [7, 11) is -4.05. The number of aromatic hydroxyl groups is 1. The first-order chi connectivity index (χ1) is 19.4. The van der Waals surface area contributed by atoms with Crippen LogP contribution in [0.1, 0.15) is 36.1 Å². The second-order valence-corrected chi connectivity index (χ2v) is 12.2. The number of nitriles is 1. The van der Waals surface area contributed by atoms with Crippen molar-refractivity contribution in [3.63, 3.8) is 0 Å². The average Bonchev–Trinajstić information content (AvgIpc) is 2.93. The summed E-state index contributed by atoms with van der Waals surface area (Å²) >= 11 is 0. The maximum absolute atomic E-state index is 13.5. The molecular weight excluding hydrogens is 546 g/mol. The highest BCUT2D eigenvalue weighted by Gasteiger charge is 2.31. The Balaban J connectivity index is 1.74. The van der Waals surface area contributed by atoms with Gasteiger partial charge in [-0.1, -0.05) is 38.1 Å². The van der Waals surface area contributed by atoms with E-state index in [2.05, 4.69) is 11.4 Å². The predicted octanol–water partition coefficient (Wildman–Crippen LogP) is 4.04. The molecule has 0 saturated carbocycles. The summed E-state index contributed by atoms with van der Waals surface area (Å²) in [5, 5.41) is 41.7. The third-order valence-corrected chi connectivity index (χ3v) is 8.21. The van der Waals surface area contributed by atoms with E-state index >= 15 is 0 Å². The molecule has 0 fully saturated rings. The molecule has 0 aliphatic heterocycles. The van der Waals surface area contributed by atoms with Crippen LogP contribution >= 0.6 is 0 Å². The monoisotopic (exact) mass is 581 g/mol. The van der Waals surface area contributed by atoms with E-state index in [0.29, 0.717) is 22.4 Å². The Morgan fingerprint density at radius 1 is 1.05 bits per heavy atom. The topological polar surface area (TPSA) is 160 Å². The third kappa shape index (κ3) is 8.94. The molecule has 0 saturated heterocycles. The minimum absolute atomic E-state index is 0.0293. The second kappa shape index (κ2) is 14.0. The minimum Gasteiger partial charge on any atom is -0.508 e. The summed E-state index contributed by atoms with van der Waals surface area (Å²) in [4.78, 5) is 11.5.